The number of para-hydroxylation sites is 2. The van der Waals surface area contributed by atoms with E-state index < -0.39 is 18.5 Å². The molecule has 8 heteroatoms. The van der Waals surface area contributed by atoms with Crippen LogP contribution in [0.3, 0.4) is 0 Å². The van der Waals surface area contributed by atoms with E-state index in [0.717, 1.165) is 11.3 Å². The van der Waals surface area contributed by atoms with Crippen molar-refractivity contribution in [3.63, 3.8) is 0 Å². The predicted molar refractivity (Wildman–Crippen MR) is 141 cm³/mol. The van der Waals surface area contributed by atoms with Crippen LogP contribution < -0.4 is 10.6 Å². The van der Waals surface area contributed by atoms with E-state index in [1.807, 2.05) is 67.6 Å². The number of nitrogens with one attached hydrogen (secondary N) is 2. The molecule has 0 aliphatic carbocycles. The number of amides is 2. The number of rotatable bonds is 8. The number of esters is 1. The van der Waals surface area contributed by atoms with Crippen molar-refractivity contribution in [3.8, 4) is 5.69 Å². The molecule has 0 aliphatic heterocycles. The molecule has 0 bridgehead atoms. The molecule has 1 heterocycles. The third-order valence-corrected chi connectivity index (χ3v) is 5.92. The Bertz CT molecular complexity index is 1410. The number of hydrogen-bond donors (Lipinski definition) is 2. The van der Waals surface area contributed by atoms with Crippen molar-refractivity contribution in [1.29, 1.82) is 0 Å². The number of carbonyl (C=O) groups is 3. The Morgan fingerprint density at radius 2 is 1.51 bits per heavy atom. The van der Waals surface area contributed by atoms with E-state index in [1.165, 1.54) is 0 Å². The third kappa shape index (κ3) is 5.92. The second kappa shape index (κ2) is 11.3. The van der Waals surface area contributed by atoms with Crippen LogP contribution in [0.4, 0.5) is 5.69 Å². The van der Waals surface area contributed by atoms with Gasteiger partial charge in [-0.1, -0.05) is 60.7 Å². The molecule has 2 amide bonds. The van der Waals surface area contributed by atoms with Crippen LogP contribution in [0.1, 0.15) is 50.6 Å². The fraction of sp³-hybridized carbons (Fsp3) is 0.172. The maximum absolute atomic E-state index is 12.9. The molecule has 0 aliphatic rings. The van der Waals surface area contributed by atoms with Gasteiger partial charge in [-0.15, -0.1) is 0 Å². The molecule has 1 unspecified atom stereocenters. The van der Waals surface area contributed by atoms with Crippen LogP contribution in [0.25, 0.3) is 5.69 Å². The number of aryl methyl sites for hydroxylation is 1. The van der Waals surface area contributed by atoms with Crippen LogP contribution >= 0.6 is 0 Å². The van der Waals surface area contributed by atoms with Crippen molar-refractivity contribution in [2.24, 2.45) is 0 Å². The van der Waals surface area contributed by atoms with E-state index in [1.54, 1.807) is 42.8 Å². The van der Waals surface area contributed by atoms with Crippen LogP contribution in [0.2, 0.25) is 0 Å². The average molecular weight is 497 g/mol. The molecule has 4 rings (SSSR count). The highest BCUT2D eigenvalue weighted by Gasteiger charge is 2.22. The zero-order chi connectivity index (χ0) is 26.4. The Kier molecular flexibility index (Phi) is 7.78. The number of ether oxygens (including phenoxy) is 1. The zero-order valence-corrected chi connectivity index (χ0v) is 20.9. The quantitative estimate of drug-likeness (QED) is 0.342. The van der Waals surface area contributed by atoms with Gasteiger partial charge in [0.05, 0.1) is 34.4 Å². The fourth-order valence-electron chi connectivity index (χ4n) is 4.04. The van der Waals surface area contributed by atoms with E-state index >= 15 is 0 Å². The predicted octanol–water partition coefficient (Wildman–Crippen LogP) is 4.78. The number of anilines is 1. The Morgan fingerprint density at radius 1 is 0.892 bits per heavy atom. The van der Waals surface area contributed by atoms with Gasteiger partial charge in [-0.3, -0.25) is 9.59 Å². The highest BCUT2D eigenvalue weighted by atomic mass is 16.5. The van der Waals surface area contributed by atoms with Crippen LogP contribution in [0, 0.1) is 13.8 Å². The van der Waals surface area contributed by atoms with Gasteiger partial charge in [0.1, 0.15) is 5.56 Å². The van der Waals surface area contributed by atoms with Gasteiger partial charge >= 0.3 is 5.97 Å². The first-order valence-electron chi connectivity index (χ1n) is 11.9. The summed E-state index contributed by atoms with van der Waals surface area (Å²) in [5.41, 5.74) is 3.84. The summed E-state index contributed by atoms with van der Waals surface area (Å²) in [5.74, 6) is -1.53. The number of benzene rings is 3. The first-order valence-corrected chi connectivity index (χ1v) is 11.9. The lowest BCUT2D eigenvalue weighted by Gasteiger charge is -2.16. The zero-order valence-electron chi connectivity index (χ0n) is 20.9. The molecular weight excluding hydrogens is 468 g/mol. The standard InChI is InChI=1S/C29H28N4O4/c1-19(22-12-6-4-7-13-22)30-28(35)24-16-10-11-17-25(24)31-26(34)18-37-29(36)27-20(2)32-33(21(27)3)23-14-8-5-9-15-23/h4-17,19H,18H2,1-3H3,(H,30,35)(H,31,34). The first-order chi connectivity index (χ1) is 17.8. The molecule has 188 valence electrons. The monoisotopic (exact) mass is 496 g/mol. The van der Waals surface area contributed by atoms with Gasteiger partial charge in [-0.25, -0.2) is 9.48 Å². The van der Waals surface area contributed by atoms with Gasteiger partial charge < -0.3 is 15.4 Å². The summed E-state index contributed by atoms with van der Waals surface area (Å²) in [5, 5.41) is 10.1. The molecule has 0 spiro atoms. The van der Waals surface area contributed by atoms with Gasteiger partial charge in [0, 0.05) is 0 Å². The Morgan fingerprint density at radius 3 is 2.22 bits per heavy atom. The van der Waals surface area contributed by atoms with Crippen molar-refractivity contribution in [3.05, 3.63) is 113 Å². The summed E-state index contributed by atoms with van der Waals surface area (Å²) in [4.78, 5) is 38.3. The van der Waals surface area contributed by atoms with E-state index in [2.05, 4.69) is 15.7 Å². The van der Waals surface area contributed by atoms with Gasteiger partial charge in [-0.2, -0.15) is 5.10 Å². The van der Waals surface area contributed by atoms with Crippen molar-refractivity contribution in [2.45, 2.75) is 26.8 Å². The average Bonchev–Trinajstić information content (AvgIpc) is 3.22. The van der Waals surface area contributed by atoms with E-state index in [0.29, 0.717) is 28.2 Å². The number of nitrogens with zero attached hydrogens (tertiary/aromatic N) is 2. The van der Waals surface area contributed by atoms with Crippen molar-refractivity contribution in [1.82, 2.24) is 15.1 Å². The smallest absolute Gasteiger partial charge is 0.342 e. The molecule has 3 aromatic carbocycles. The molecule has 0 fully saturated rings. The van der Waals surface area contributed by atoms with Gasteiger partial charge in [0.2, 0.25) is 0 Å². The van der Waals surface area contributed by atoms with Crippen molar-refractivity contribution < 1.29 is 19.1 Å². The molecule has 0 saturated carbocycles. The van der Waals surface area contributed by atoms with Crippen molar-refractivity contribution in [2.75, 3.05) is 11.9 Å². The highest BCUT2D eigenvalue weighted by Crippen LogP contribution is 2.20. The Balaban J connectivity index is 1.40. The van der Waals surface area contributed by atoms with E-state index in [-0.39, 0.29) is 11.9 Å². The maximum Gasteiger partial charge on any atom is 0.342 e. The minimum atomic E-state index is -0.643. The minimum absolute atomic E-state index is 0.221. The molecule has 1 atom stereocenters. The molecule has 37 heavy (non-hydrogen) atoms. The second-order valence-corrected chi connectivity index (χ2v) is 8.57. The Hall–Kier alpha value is -4.72. The lowest BCUT2D eigenvalue weighted by atomic mass is 10.1. The van der Waals surface area contributed by atoms with E-state index in [4.69, 9.17) is 4.74 Å². The van der Waals surface area contributed by atoms with E-state index in [9.17, 15) is 14.4 Å². The summed E-state index contributed by atoms with van der Waals surface area (Å²) >= 11 is 0. The van der Waals surface area contributed by atoms with Crippen LogP contribution in [0.15, 0.2) is 84.9 Å². The molecule has 8 nitrogen and oxygen atoms in total. The number of carbonyl (C=O) groups excluding carboxylic acids is 3. The lowest BCUT2D eigenvalue weighted by Crippen LogP contribution is -2.28. The largest absolute Gasteiger partial charge is 0.452 e. The fourth-order valence-corrected chi connectivity index (χ4v) is 4.04. The van der Waals surface area contributed by atoms with Crippen LogP contribution in [-0.2, 0) is 9.53 Å². The summed E-state index contributed by atoms with van der Waals surface area (Å²) in [6.45, 7) is 4.87. The number of hydrogen-bond acceptors (Lipinski definition) is 5. The molecule has 2 N–H and O–H groups in total. The molecule has 0 radical (unpaired) electrons. The maximum atomic E-state index is 12.9. The minimum Gasteiger partial charge on any atom is -0.452 e. The molecule has 0 saturated heterocycles. The molecule has 1 aromatic heterocycles. The first kappa shape index (κ1) is 25.4. The van der Waals surface area contributed by atoms with Gasteiger partial charge in [0.15, 0.2) is 6.61 Å². The van der Waals surface area contributed by atoms with Gasteiger partial charge in [-0.05, 0) is 50.6 Å². The SMILES string of the molecule is Cc1nn(-c2ccccc2)c(C)c1C(=O)OCC(=O)Nc1ccccc1C(=O)NC(C)c1ccccc1. The number of aromatic nitrogens is 2. The summed E-state index contributed by atoms with van der Waals surface area (Å²) in [7, 11) is 0. The van der Waals surface area contributed by atoms with Crippen LogP contribution in [0.5, 0.6) is 0 Å². The van der Waals surface area contributed by atoms with Crippen molar-refractivity contribution >= 4 is 23.5 Å². The topological polar surface area (TPSA) is 102 Å². The molecule has 4 aromatic rings. The van der Waals surface area contributed by atoms with Crippen LogP contribution in [-0.4, -0.2) is 34.2 Å². The highest BCUT2D eigenvalue weighted by molar-refractivity contribution is 6.04. The summed E-state index contributed by atoms with van der Waals surface area (Å²) in [6.07, 6.45) is 0. The lowest BCUT2D eigenvalue weighted by molar-refractivity contribution is -0.119. The second-order valence-electron chi connectivity index (χ2n) is 8.57. The third-order valence-electron chi connectivity index (χ3n) is 5.92. The normalized spacial score (nSPS) is 11.4. The summed E-state index contributed by atoms with van der Waals surface area (Å²) in [6, 6.07) is 25.5. The van der Waals surface area contributed by atoms with Gasteiger partial charge in [0.25, 0.3) is 11.8 Å². The Labute approximate surface area is 215 Å². The molecular formula is C29H28N4O4. The summed E-state index contributed by atoms with van der Waals surface area (Å²) < 4.78 is 6.95.